The molecule has 0 spiro atoms. The van der Waals surface area contributed by atoms with E-state index in [-0.39, 0.29) is 9.35 Å². The van der Waals surface area contributed by atoms with Gasteiger partial charge in [-0.15, -0.1) is 8.79 Å². The van der Waals surface area contributed by atoms with E-state index in [0.29, 0.717) is 0 Å². The molecule has 0 fully saturated rings. The van der Waals surface area contributed by atoms with Crippen molar-refractivity contribution >= 4 is 18.1 Å². The van der Waals surface area contributed by atoms with Crippen LogP contribution in [-0.2, 0) is 0 Å². The van der Waals surface area contributed by atoms with E-state index in [4.69, 9.17) is 5.73 Å². The van der Waals surface area contributed by atoms with E-state index in [1.807, 2.05) is 0 Å². The quantitative estimate of drug-likeness (QED) is 0.269. The molecular weight excluding hydrogens is 111 g/mol. The first-order chi connectivity index (χ1) is 2.91. The molecule has 0 radical (unpaired) electrons. The van der Waals surface area contributed by atoms with E-state index < -0.39 is 0 Å². The molecule has 0 amide bonds. The Balaban J connectivity index is 2.34. The molecule has 3 N–H and O–H groups in total. The van der Waals surface area contributed by atoms with Gasteiger partial charge in [-0.25, -0.2) is 0 Å². The van der Waals surface area contributed by atoms with Crippen LogP contribution in [0.15, 0.2) is 0 Å². The summed E-state index contributed by atoms with van der Waals surface area (Å²) in [5.41, 5.74) is 5.17. The highest BCUT2D eigenvalue weighted by Gasteiger charge is 1.72. The van der Waals surface area contributed by atoms with Crippen LogP contribution in [0.3, 0.4) is 0 Å². The summed E-state index contributed by atoms with van der Waals surface area (Å²) in [6, 6.07) is 0. The van der Waals surface area contributed by atoms with E-state index in [1.54, 1.807) is 0 Å². The molecule has 0 bridgehead atoms. The smallest absolute Gasteiger partial charge is 0.113 e. The van der Waals surface area contributed by atoms with Gasteiger partial charge >= 0.3 is 0 Å². The molecule has 0 aliphatic rings. The summed E-state index contributed by atoms with van der Waals surface area (Å²) in [4.78, 5) is 3.17. The van der Waals surface area contributed by atoms with Crippen molar-refractivity contribution in [2.24, 2.45) is 5.73 Å². The predicted molar refractivity (Wildman–Crippen MR) is 35.3 cm³/mol. The fourth-order valence-electron chi connectivity index (χ4n) is 0.204. The zero-order chi connectivity index (χ0) is 4.83. The average Bonchev–Trinajstić information content (AvgIpc) is 1.61. The lowest BCUT2D eigenvalue weighted by molar-refractivity contribution is 0.906. The van der Waals surface area contributed by atoms with Gasteiger partial charge in [0.05, 0.1) is 0 Å². The lowest BCUT2D eigenvalue weighted by atomic mass is 10.7. The largest absolute Gasteiger partial charge is 0.338 e. The van der Waals surface area contributed by atoms with Crippen LogP contribution in [0.4, 0.5) is 0 Å². The monoisotopic (exact) mass is 122 g/mol. The molecule has 38 valence electrons. The third-order valence-electron chi connectivity index (χ3n) is 0.465. The van der Waals surface area contributed by atoms with E-state index in [1.165, 1.54) is 0 Å². The van der Waals surface area contributed by atoms with Crippen LogP contribution in [0.5, 0.6) is 0 Å². The summed E-state index contributed by atoms with van der Waals surface area (Å²) in [5, 5.41) is 0. The lowest BCUT2D eigenvalue weighted by Gasteiger charge is -1.91. The summed E-state index contributed by atoms with van der Waals surface area (Å²) in [5.74, 6) is 0. The molecule has 4 heteroatoms. The van der Waals surface area contributed by atoms with Gasteiger partial charge < -0.3 is 10.7 Å². The topological polar surface area (TPSA) is 38.0 Å². The predicted octanol–water partition coefficient (Wildman–Crippen LogP) is -1.59. The van der Waals surface area contributed by atoms with Crippen LogP contribution in [-0.4, -0.2) is 22.4 Å². The highest BCUT2D eigenvalue weighted by Crippen LogP contribution is 1.62. The van der Waals surface area contributed by atoms with E-state index in [9.17, 15) is 0 Å². The van der Waals surface area contributed by atoms with E-state index in [0.717, 1.165) is 13.1 Å². The summed E-state index contributed by atoms with van der Waals surface area (Å²) >= 11 is 0. The molecule has 0 heterocycles. The first-order valence-corrected chi connectivity index (χ1v) is 6.00. The van der Waals surface area contributed by atoms with Crippen molar-refractivity contribution in [1.82, 2.24) is 4.98 Å². The second kappa shape index (κ2) is 5.57. The number of nitrogens with one attached hydrogen (secondary N) is 1. The van der Waals surface area contributed by atoms with Crippen molar-refractivity contribution in [3.8, 4) is 0 Å². The lowest BCUT2D eigenvalue weighted by Crippen LogP contribution is -2.22. The zero-order valence-electron chi connectivity index (χ0n) is 3.78. The first kappa shape index (κ1) is 6.57. The zero-order valence-corrected chi connectivity index (χ0v) is 6.34. The molecule has 0 rings (SSSR count). The van der Waals surface area contributed by atoms with Crippen molar-refractivity contribution in [3.63, 3.8) is 0 Å². The molecule has 0 aromatic heterocycles. The normalized spacial score (nSPS) is 11.0. The highest BCUT2D eigenvalue weighted by atomic mass is 31.3. The van der Waals surface area contributed by atoms with Crippen molar-refractivity contribution in [2.45, 2.75) is 0 Å². The summed E-state index contributed by atoms with van der Waals surface area (Å²) in [6.07, 6.45) is 0. The van der Waals surface area contributed by atoms with Gasteiger partial charge in [0.25, 0.3) is 0 Å². The molecule has 0 aromatic rings. The van der Waals surface area contributed by atoms with Crippen molar-refractivity contribution in [2.75, 3.05) is 13.1 Å². The Morgan fingerprint density at radius 1 is 1.83 bits per heavy atom. The number of hydrogen-bond acceptors (Lipinski definition) is 2. The number of nitrogens with two attached hydrogens (primary N) is 1. The van der Waals surface area contributed by atoms with Gasteiger partial charge in [0, 0.05) is 13.1 Å². The Morgan fingerprint density at radius 3 is 2.67 bits per heavy atom. The maximum atomic E-state index is 5.17. The molecule has 6 heavy (non-hydrogen) atoms. The van der Waals surface area contributed by atoms with Gasteiger partial charge in [0.1, 0.15) is 9.35 Å². The van der Waals surface area contributed by atoms with Crippen LogP contribution in [0, 0.1) is 0 Å². The summed E-state index contributed by atoms with van der Waals surface area (Å²) in [6.45, 7) is 1.75. The SMILES string of the molecule is NCCN[SiH2]P. The molecular formula is C2H11N2PSi. The van der Waals surface area contributed by atoms with Gasteiger partial charge in [0.15, 0.2) is 0 Å². The Labute approximate surface area is 42.8 Å². The van der Waals surface area contributed by atoms with E-state index >= 15 is 0 Å². The minimum absolute atomic E-state index is 0.0103. The van der Waals surface area contributed by atoms with Crippen molar-refractivity contribution in [3.05, 3.63) is 0 Å². The van der Waals surface area contributed by atoms with Crippen LogP contribution >= 0.6 is 8.79 Å². The van der Waals surface area contributed by atoms with Gasteiger partial charge in [-0.2, -0.15) is 0 Å². The fraction of sp³-hybridized carbons (Fsp3) is 1.00. The van der Waals surface area contributed by atoms with Crippen LogP contribution in [0.2, 0.25) is 0 Å². The molecule has 0 saturated carbocycles. The van der Waals surface area contributed by atoms with Gasteiger partial charge in [-0.05, 0) is 0 Å². The van der Waals surface area contributed by atoms with E-state index in [2.05, 4.69) is 13.8 Å². The van der Waals surface area contributed by atoms with Gasteiger partial charge in [-0.1, -0.05) is 0 Å². The first-order valence-electron chi connectivity index (χ1n) is 2.02. The molecule has 1 unspecified atom stereocenters. The molecule has 0 saturated heterocycles. The Bertz CT molecular complexity index is 23.5. The molecule has 1 atom stereocenters. The van der Waals surface area contributed by atoms with Crippen LogP contribution in [0.1, 0.15) is 0 Å². The van der Waals surface area contributed by atoms with Crippen molar-refractivity contribution in [1.29, 1.82) is 0 Å². The van der Waals surface area contributed by atoms with Gasteiger partial charge in [-0.3, -0.25) is 0 Å². The third kappa shape index (κ3) is 4.57. The number of rotatable bonds is 3. The fourth-order valence-corrected chi connectivity index (χ4v) is 1.22. The maximum Gasteiger partial charge on any atom is 0.113 e. The summed E-state index contributed by atoms with van der Waals surface area (Å²) < 4.78 is 0. The second-order valence-electron chi connectivity index (χ2n) is 0.993. The number of hydrogen-bond donors (Lipinski definition) is 2. The highest BCUT2D eigenvalue weighted by molar-refractivity contribution is 7.55. The van der Waals surface area contributed by atoms with Gasteiger partial charge in [0.2, 0.25) is 0 Å². The summed E-state index contributed by atoms with van der Waals surface area (Å²) in [7, 11) is 2.69. The van der Waals surface area contributed by atoms with Crippen LogP contribution < -0.4 is 10.7 Å². The Hall–Kier alpha value is 0.567. The minimum atomic E-state index is -0.0103. The Morgan fingerprint density at radius 2 is 2.50 bits per heavy atom. The van der Waals surface area contributed by atoms with Crippen molar-refractivity contribution < 1.29 is 0 Å². The maximum absolute atomic E-state index is 5.17. The molecule has 0 aliphatic heterocycles. The Kier molecular flexibility index (Phi) is 6.09. The standard InChI is InChI=1S/C2H11N2PSi/c3-1-2-4-6-5/h4H,1-3,5-6H2. The van der Waals surface area contributed by atoms with Crippen LogP contribution in [0.25, 0.3) is 0 Å². The molecule has 0 aliphatic carbocycles. The molecule has 0 aromatic carbocycles. The third-order valence-corrected chi connectivity index (χ3v) is 1.97. The second-order valence-corrected chi connectivity index (χ2v) is 3.13. The average molecular weight is 122 g/mol. The molecule has 2 nitrogen and oxygen atoms in total. The minimum Gasteiger partial charge on any atom is -0.338 e.